The van der Waals surface area contributed by atoms with E-state index in [1.54, 1.807) is 0 Å². The second-order valence-corrected chi connectivity index (χ2v) is 4.38. The molecule has 5 nitrogen and oxygen atoms in total. The highest BCUT2D eigenvalue weighted by Crippen LogP contribution is 2.33. The Kier molecular flexibility index (Phi) is 4.79. The van der Waals surface area contributed by atoms with Crippen molar-refractivity contribution in [2.24, 2.45) is 0 Å². The van der Waals surface area contributed by atoms with Crippen molar-refractivity contribution in [2.45, 2.75) is 6.61 Å². The molecule has 2 rings (SSSR count). The molecular formula is C16H16O5. The fourth-order valence-corrected chi connectivity index (χ4v) is 1.92. The normalized spacial score (nSPS) is 10.2. The second kappa shape index (κ2) is 6.76. The van der Waals surface area contributed by atoms with Crippen molar-refractivity contribution in [3.8, 4) is 17.2 Å². The van der Waals surface area contributed by atoms with E-state index in [0.29, 0.717) is 12.4 Å². The number of hydrogen-bond acceptors (Lipinski definition) is 5. The zero-order valence-electron chi connectivity index (χ0n) is 11.6. The van der Waals surface area contributed by atoms with Crippen molar-refractivity contribution in [2.75, 3.05) is 13.7 Å². The number of hydrogen-bond donors (Lipinski definition) is 2. The van der Waals surface area contributed by atoms with Gasteiger partial charge in [-0.3, -0.25) is 4.79 Å². The first-order valence-electron chi connectivity index (χ1n) is 6.37. The van der Waals surface area contributed by atoms with E-state index in [0.717, 1.165) is 5.56 Å². The molecule has 0 heterocycles. The average Bonchev–Trinajstić information content (AvgIpc) is 2.52. The fourth-order valence-electron chi connectivity index (χ4n) is 1.92. The fraction of sp³-hybridized carbons (Fsp3) is 0.188. The smallest absolute Gasteiger partial charge is 0.195 e. The second-order valence-electron chi connectivity index (χ2n) is 4.38. The molecule has 0 bridgehead atoms. The molecule has 0 saturated heterocycles. The predicted octanol–water partition coefficient (Wildman–Crippen LogP) is 2.15. The number of aliphatic hydroxyl groups is 1. The van der Waals surface area contributed by atoms with Crippen LogP contribution < -0.4 is 9.47 Å². The number of carbonyl (C=O) groups excluding carboxylic acids is 1. The molecule has 0 aliphatic heterocycles. The number of benzene rings is 2. The summed E-state index contributed by atoms with van der Waals surface area (Å²) < 4.78 is 10.6. The van der Waals surface area contributed by atoms with E-state index < -0.39 is 12.4 Å². The summed E-state index contributed by atoms with van der Waals surface area (Å²) in [5, 5.41) is 18.8. The topological polar surface area (TPSA) is 76.0 Å². The number of aromatic hydroxyl groups is 1. The van der Waals surface area contributed by atoms with Crippen LogP contribution in [0.1, 0.15) is 15.9 Å². The molecule has 2 aromatic rings. The van der Waals surface area contributed by atoms with E-state index in [4.69, 9.17) is 14.6 Å². The van der Waals surface area contributed by atoms with Crippen LogP contribution in [0.2, 0.25) is 0 Å². The van der Waals surface area contributed by atoms with Crippen molar-refractivity contribution in [3.05, 3.63) is 53.6 Å². The Hall–Kier alpha value is -2.53. The number of ether oxygens (including phenoxy) is 2. The standard InChI is InChI=1S/C16H16O5/c1-20-15-8-12(7-13(18)16(15)14(19)9-17)21-10-11-5-3-2-4-6-11/h2-8,17-18H,9-10H2,1H3. The molecule has 0 unspecified atom stereocenters. The molecular weight excluding hydrogens is 272 g/mol. The van der Waals surface area contributed by atoms with Crippen LogP contribution in [-0.2, 0) is 6.61 Å². The zero-order valence-corrected chi connectivity index (χ0v) is 11.6. The van der Waals surface area contributed by atoms with E-state index >= 15 is 0 Å². The molecule has 0 saturated carbocycles. The number of phenolic OH excluding ortho intramolecular Hbond substituents is 1. The summed E-state index contributed by atoms with van der Waals surface area (Å²) in [5.74, 6) is -0.352. The van der Waals surface area contributed by atoms with Crippen molar-refractivity contribution in [1.82, 2.24) is 0 Å². The minimum Gasteiger partial charge on any atom is -0.507 e. The van der Waals surface area contributed by atoms with Gasteiger partial charge in [-0.1, -0.05) is 30.3 Å². The van der Waals surface area contributed by atoms with Gasteiger partial charge in [-0.25, -0.2) is 0 Å². The van der Waals surface area contributed by atoms with Crippen LogP contribution in [0.15, 0.2) is 42.5 Å². The Bertz CT molecular complexity index is 622. The zero-order chi connectivity index (χ0) is 15.2. The number of phenols is 1. The molecule has 0 radical (unpaired) electrons. The molecule has 0 amide bonds. The molecule has 0 aliphatic rings. The van der Waals surface area contributed by atoms with E-state index in [1.807, 2.05) is 30.3 Å². The van der Waals surface area contributed by atoms with Gasteiger partial charge in [0.2, 0.25) is 0 Å². The highest BCUT2D eigenvalue weighted by atomic mass is 16.5. The lowest BCUT2D eigenvalue weighted by atomic mass is 10.1. The van der Waals surface area contributed by atoms with Crippen LogP contribution in [0, 0.1) is 0 Å². The molecule has 0 atom stereocenters. The molecule has 2 aromatic carbocycles. The molecule has 0 fully saturated rings. The molecule has 110 valence electrons. The molecule has 5 heteroatoms. The maximum Gasteiger partial charge on any atom is 0.195 e. The minimum atomic E-state index is -0.700. The van der Waals surface area contributed by atoms with Crippen LogP contribution in [-0.4, -0.2) is 29.7 Å². The lowest BCUT2D eigenvalue weighted by molar-refractivity contribution is 0.0897. The van der Waals surface area contributed by atoms with Gasteiger partial charge in [-0.15, -0.1) is 0 Å². The van der Waals surface area contributed by atoms with Crippen LogP contribution >= 0.6 is 0 Å². The highest BCUT2D eigenvalue weighted by molar-refractivity contribution is 6.02. The van der Waals surface area contributed by atoms with E-state index in [9.17, 15) is 9.90 Å². The first-order valence-corrected chi connectivity index (χ1v) is 6.37. The molecule has 0 aromatic heterocycles. The molecule has 2 N–H and O–H groups in total. The molecule has 0 aliphatic carbocycles. The van der Waals surface area contributed by atoms with Crippen LogP contribution in [0.25, 0.3) is 0 Å². The monoisotopic (exact) mass is 288 g/mol. The van der Waals surface area contributed by atoms with Crippen LogP contribution in [0.3, 0.4) is 0 Å². The summed E-state index contributed by atoms with van der Waals surface area (Å²) in [6, 6.07) is 12.4. The van der Waals surface area contributed by atoms with Crippen LogP contribution in [0.5, 0.6) is 17.2 Å². The summed E-state index contributed by atoms with van der Waals surface area (Å²) >= 11 is 0. The Morgan fingerprint density at radius 2 is 1.90 bits per heavy atom. The van der Waals surface area contributed by atoms with Gasteiger partial charge in [0.15, 0.2) is 5.78 Å². The number of methoxy groups -OCH3 is 1. The third kappa shape index (κ3) is 3.52. The third-order valence-corrected chi connectivity index (χ3v) is 2.95. The van der Waals surface area contributed by atoms with Gasteiger partial charge in [0.05, 0.1) is 7.11 Å². The van der Waals surface area contributed by atoms with E-state index in [1.165, 1.54) is 19.2 Å². The maximum atomic E-state index is 11.6. The van der Waals surface area contributed by atoms with Gasteiger partial charge in [0, 0.05) is 12.1 Å². The number of carbonyl (C=O) groups is 1. The summed E-state index contributed by atoms with van der Waals surface area (Å²) in [6.07, 6.45) is 0. The summed E-state index contributed by atoms with van der Waals surface area (Å²) in [4.78, 5) is 11.6. The predicted molar refractivity (Wildman–Crippen MR) is 76.8 cm³/mol. The number of rotatable bonds is 6. The van der Waals surface area contributed by atoms with Crippen molar-refractivity contribution in [3.63, 3.8) is 0 Å². The molecule has 0 spiro atoms. The van der Waals surface area contributed by atoms with Gasteiger partial charge in [-0.05, 0) is 5.56 Å². The summed E-state index contributed by atoms with van der Waals surface area (Å²) in [5.41, 5.74) is 0.929. The number of ketones is 1. The average molecular weight is 288 g/mol. The van der Waals surface area contributed by atoms with Gasteiger partial charge < -0.3 is 19.7 Å². The Morgan fingerprint density at radius 3 is 2.52 bits per heavy atom. The van der Waals surface area contributed by atoms with Gasteiger partial charge in [0.25, 0.3) is 0 Å². The Morgan fingerprint density at radius 1 is 1.19 bits per heavy atom. The van der Waals surface area contributed by atoms with E-state index in [-0.39, 0.29) is 17.1 Å². The molecule has 21 heavy (non-hydrogen) atoms. The third-order valence-electron chi connectivity index (χ3n) is 2.95. The van der Waals surface area contributed by atoms with Gasteiger partial charge in [-0.2, -0.15) is 0 Å². The maximum absolute atomic E-state index is 11.6. The van der Waals surface area contributed by atoms with Crippen molar-refractivity contribution < 1.29 is 24.5 Å². The number of aliphatic hydroxyl groups excluding tert-OH is 1. The first-order chi connectivity index (χ1) is 10.2. The van der Waals surface area contributed by atoms with Crippen LogP contribution in [0.4, 0.5) is 0 Å². The first kappa shape index (κ1) is 14.9. The minimum absolute atomic E-state index is 0.0490. The largest absolute Gasteiger partial charge is 0.507 e. The highest BCUT2D eigenvalue weighted by Gasteiger charge is 2.18. The summed E-state index contributed by atoms with van der Waals surface area (Å²) in [7, 11) is 1.38. The van der Waals surface area contributed by atoms with Crippen molar-refractivity contribution >= 4 is 5.78 Å². The number of Topliss-reactive ketones (excluding diaryl/α,β-unsaturated/α-hetero) is 1. The summed E-state index contributed by atoms with van der Waals surface area (Å²) in [6.45, 7) is -0.370. The Labute approximate surface area is 122 Å². The van der Waals surface area contributed by atoms with Gasteiger partial charge >= 0.3 is 0 Å². The lowest BCUT2D eigenvalue weighted by Crippen LogP contribution is -2.07. The lowest BCUT2D eigenvalue weighted by Gasteiger charge is -2.12. The quantitative estimate of drug-likeness (QED) is 0.797. The SMILES string of the molecule is COc1cc(OCc2ccccc2)cc(O)c1C(=O)CO. The Balaban J connectivity index is 2.22. The van der Waals surface area contributed by atoms with Gasteiger partial charge in [0.1, 0.15) is 36.0 Å². The van der Waals surface area contributed by atoms with Crippen molar-refractivity contribution in [1.29, 1.82) is 0 Å². The van der Waals surface area contributed by atoms with E-state index in [2.05, 4.69) is 0 Å².